The Balaban J connectivity index is 1.77. The number of aliphatic hydroxyl groups is 3. The fourth-order valence-corrected chi connectivity index (χ4v) is 7.74. The van der Waals surface area contributed by atoms with Crippen LogP contribution in [-0.4, -0.2) is 45.7 Å². The van der Waals surface area contributed by atoms with Crippen LogP contribution in [0.1, 0.15) is 46.0 Å². The first kappa shape index (κ1) is 16.4. The van der Waals surface area contributed by atoms with Crippen LogP contribution in [0.4, 0.5) is 0 Å². The largest absolute Gasteiger partial charge is 0.392 e. The van der Waals surface area contributed by atoms with Crippen LogP contribution in [0.15, 0.2) is 12.2 Å². The van der Waals surface area contributed by atoms with Crippen molar-refractivity contribution in [2.24, 2.45) is 34.0 Å². The molecule has 0 aromatic carbocycles. The number of Topliss-reactive ketones (excluding diaryl/α,β-unsaturated/α-hetero) is 1. The van der Waals surface area contributed by atoms with E-state index in [0.717, 1.165) is 12.8 Å². The second-order valence-electron chi connectivity index (χ2n) is 9.89. The lowest BCUT2D eigenvalue weighted by Gasteiger charge is -2.73. The average molecular weight is 348 g/mol. The summed E-state index contributed by atoms with van der Waals surface area (Å²) >= 11 is 0. The highest BCUT2D eigenvalue weighted by atomic mass is 16.6. The first-order valence-corrected chi connectivity index (χ1v) is 9.59. The second kappa shape index (κ2) is 4.38. The summed E-state index contributed by atoms with van der Waals surface area (Å²) in [4.78, 5) is 13.3. The van der Waals surface area contributed by atoms with Crippen LogP contribution >= 0.6 is 0 Å². The first-order valence-electron chi connectivity index (χ1n) is 9.59. The molecule has 2 spiro atoms. The van der Waals surface area contributed by atoms with Gasteiger partial charge in [-0.25, -0.2) is 0 Å². The zero-order valence-corrected chi connectivity index (χ0v) is 15.0. The van der Waals surface area contributed by atoms with E-state index in [1.54, 1.807) is 0 Å². The van der Waals surface area contributed by atoms with Crippen molar-refractivity contribution in [3.63, 3.8) is 0 Å². The van der Waals surface area contributed by atoms with Gasteiger partial charge in [-0.1, -0.05) is 20.4 Å². The van der Waals surface area contributed by atoms with Crippen molar-refractivity contribution in [3.05, 3.63) is 12.2 Å². The predicted molar refractivity (Wildman–Crippen MR) is 89.3 cm³/mol. The van der Waals surface area contributed by atoms with Crippen molar-refractivity contribution in [2.45, 2.75) is 63.9 Å². The van der Waals surface area contributed by atoms with Crippen LogP contribution in [0.5, 0.6) is 0 Å². The number of hydrogen-bond acceptors (Lipinski definition) is 5. The summed E-state index contributed by atoms with van der Waals surface area (Å²) in [5.41, 5.74) is -1.54. The summed E-state index contributed by atoms with van der Waals surface area (Å²) < 4.78 is 5.94. The van der Waals surface area contributed by atoms with Gasteiger partial charge < -0.3 is 20.1 Å². The Kier molecular flexibility index (Phi) is 2.88. The SMILES string of the molecule is C=C1C(=O)[C@]23[C@@H](O)[C@H]1CC[C@H]2[C@@]12CO[C@]3(O)C[C@@H]1C(C)(C)CC[C@@H]2O. The van der Waals surface area contributed by atoms with Crippen molar-refractivity contribution >= 4 is 5.78 Å². The van der Waals surface area contributed by atoms with Crippen LogP contribution in [0.3, 0.4) is 0 Å². The molecule has 5 nitrogen and oxygen atoms in total. The summed E-state index contributed by atoms with van der Waals surface area (Å²) in [6.45, 7) is 8.59. The van der Waals surface area contributed by atoms with Crippen LogP contribution in [-0.2, 0) is 9.53 Å². The third-order valence-corrected chi connectivity index (χ3v) is 8.89. The fourth-order valence-electron chi connectivity index (χ4n) is 7.74. The van der Waals surface area contributed by atoms with Crippen LogP contribution in [0, 0.1) is 34.0 Å². The molecule has 0 aromatic heterocycles. The van der Waals surface area contributed by atoms with Gasteiger partial charge in [0.1, 0.15) is 5.41 Å². The Labute approximate surface area is 148 Å². The highest BCUT2D eigenvalue weighted by Gasteiger charge is 2.83. The first-order chi connectivity index (χ1) is 11.6. The molecule has 6 rings (SSSR count). The van der Waals surface area contributed by atoms with E-state index in [1.165, 1.54) is 0 Å². The molecule has 3 N–H and O–H groups in total. The molecule has 4 saturated carbocycles. The zero-order valence-electron chi connectivity index (χ0n) is 15.0. The van der Waals surface area contributed by atoms with Gasteiger partial charge in [0.2, 0.25) is 0 Å². The van der Waals surface area contributed by atoms with Gasteiger partial charge in [0.15, 0.2) is 11.6 Å². The van der Waals surface area contributed by atoms with E-state index >= 15 is 0 Å². The van der Waals surface area contributed by atoms with Gasteiger partial charge in [-0.05, 0) is 48.5 Å². The molecule has 2 aliphatic heterocycles. The summed E-state index contributed by atoms with van der Waals surface area (Å²) in [7, 11) is 0. The minimum absolute atomic E-state index is 0.0426. The van der Waals surface area contributed by atoms with Crippen molar-refractivity contribution in [3.8, 4) is 0 Å². The highest BCUT2D eigenvalue weighted by Crippen LogP contribution is 2.76. The minimum atomic E-state index is -1.66. The van der Waals surface area contributed by atoms with Gasteiger partial charge in [0, 0.05) is 17.8 Å². The molecular formula is C20H28O5. The van der Waals surface area contributed by atoms with Crippen molar-refractivity contribution < 1.29 is 24.9 Å². The van der Waals surface area contributed by atoms with Crippen molar-refractivity contribution in [1.82, 2.24) is 0 Å². The lowest BCUT2D eigenvalue weighted by Crippen LogP contribution is -2.80. The summed E-state index contributed by atoms with van der Waals surface area (Å²) in [6, 6.07) is 0. The van der Waals surface area contributed by atoms with Gasteiger partial charge >= 0.3 is 0 Å². The van der Waals surface area contributed by atoms with Gasteiger partial charge in [0.05, 0.1) is 18.8 Å². The molecule has 2 saturated heterocycles. The van der Waals surface area contributed by atoms with E-state index in [9.17, 15) is 20.1 Å². The smallest absolute Gasteiger partial charge is 0.181 e. The van der Waals surface area contributed by atoms with Gasteiger partial charge in [0.25, 0.3) is 0 Å². The zero-order chi connectivity index (χ0) is 18.0. The molecule has 6 fully saturated rings. The molecule has 0 amide bonds. The van der Waals surface area contributed by atoms with E-state index in [-0.39, 0.29) is 35.6 Å². The average Bonchev–Trinajstić information content (AvgIpc) is 2.68. The van der Waals surface area contributed by atoms with Crippen LogP contribution in [0.2, 0.25) is 0 Å². The number of hydrogen-bond donors (Lipinski definition) is 3. The predicted octanol–water partition coefficient (Wildman–Crippen LogP) is 1.40. The molecule has 0 radical (unpaired) electrons. The topological polar surface area (TPSA) is 87.0 Å². The molecule has 0 unspecified atom stereocenters. The Morgan fingerprint density at radius 3 is 2.60 bits per heavy atom. The normalized spacial score (nSPS) is 58.8. The minimum Gasteiger partial charge on any atom is -0.392 e. The lowest BCUT2D eigenvalue weighted by atomic mass is 9.36. The van der Waals surface area contributed by atoms with Crippen molar-refractivity contribution in [2.75, 3.05) is 6.61 Å². The number of carbonyl (C=O) groups is 1. The standard InChI is InChI=1S/C20H28O5/c1-10-11-4-5-12-18-9-25-19(24,20(12,15(10)22)16(11)23)8-13(18)17(2,3)7-6-14(18)21/h11-14,16,21,23-24H,1,4-9H2,2-3H3/t11-,12-,13+,14-,16-,18-,19+,20-/m0/s1. The molecule has 4 aliphatic carbocycles. The van der Waals surface area contributed by atoms with Crippen LogP contribution < -0.4 is 0 Å². The Morgan fingerprint density at radius 2 is 1.88 bits per heavy atom. The van der Waals surface area contributed by atoms with E-state index in [4.69, 9.17) is 4.74 Å². The third-order valence-electron chi connectivity index (χ3n) is 8.89. The Morgan fingerprint density at radius 1 is 1.16 bits per heavy atom. The van der Waals surface area contributed by atoms with Crippen molar-refractivity contribution in [1.29, 1.82) is 0 Å². The number of ether oxygens (including phenoxy) is 1. The van der Waals surface area contributed by atoms with Gasteiger partial charge in [-0.15, -0.1) is 0 Å². The number of aliphatic hydroxyl groups excluding tert-OH is 2. The monoisotopic (exact) mass is 348 g/mol. The number of rotatable bonds is 0. The Bertz CT molecular complexity index is 686. The summed E-state index contributed by atoms with van der Waals surface area (Å²) in [5, 5.41) is 33.8. The molecule has 6 aliphatic rings. The summed E-state index contributed by atoms with van der Waals surface area (Å²) in [5.74, 6) is -2.37. The quantitative estimate of drug-likeness (QED) is 0.576. The number of fused-ring (bicyclic) bond motifs is 2. The van der Waals surface area contributed by atoms with Crippen LogP contribution in [0.25, 0.3) is 0 Å². The molecule has 2 heterocycles. The second-order valence-corrected chi connectivity index (χ2v) is 9.89. The third kappa shape index (κ3) is 1.44. The summed E-state index contributed by atoms with van der Waals surface area (Å²) in [6.07, 6.45) is 1.75. The number of ketones is 1. The molecule has 25 heavy (non-hydrogen) atoms. The number of carbonyl (C=O) groups excluding carboxylic acids is 1. The van der Waals surface area contributed by atoms with Gasteiger partial charge in [-0.2, -0.15) is 0 Å². The molecule has 8 atom stereocenters. The molecular weight excluding hydrogens is 320 g/mol. The lowest BCUT2D eigenvalue weighted by molar-refractivity contribution is -0.426. The molecule has 138 valence electrons. The van der Waals surface area contributed by atoms with E-state index < -0.39 is 28.8 Å². The Hall–Kier alpha value is -0.750. The maximum absolute atomic E-state index is 13.3. The van der Waals surface area contributed by atoms with E-state index in [2.05, 4.69) is 20.4 Å². The fraction of sp³-hybridized carbons (Fsp3) is 0.850. The van der Waals surface area contributed by atoms with E-state index in [0.29, 0.717) is 24.8 Å². The highest BCUT2D eigenvalue weighted by molar-refractivity contribution is 6.05. The maximum Gasteiger partial charge on any atom is 0.181 e. The molecule has 5 heteroatoms. The maximum atomic E-state index is 13.3. The van der Waals surface area contributed by atoms with E-state index in [1.807, 2.05) is 0 Å². The molecule has 0 aromatic rings. The molecule has 4 bridgehead atoms. The van der Waals surface area contributed by atoms with Gasteiger partial charge in [-0.3, -0.25) is 4.79 Å².